The lowest BCUT2D eigenvalue weighted by Gasteiger charge is -2.13. The van der Waals surface area contributed by atoms with Crippen molar-refractivity contribution in [3.05, 3.63) is 51.2 Å². The van der Waals surface area contributed by atoms with Crippen LogP contribution in [0.1, 0.15) is 36.4 Å². The number of aromatic nitrogens is 3. The first-order chi connectivity index (χ1) is 10.1. The van der Waals surface area contributed by atoms with Crippen LogP contribution < -0.4 is 5.56 Å². The van der Waals surface area contributed by atoms with Crippen LogP contribution in [0.15, 0.2) is 28.3 Å². The summed E-state index contributed by atoms with van der Waals surface area (Å²) in [5.41, 5.74) is 4.50. The number of rotatable bonds is 5. The fourth-order valence-corrected chi connectivity index (χ4v) is 3.40. The van der Waals surface area contributed by atoms with Crippen LogP contribution in [0.5, 0.6) is 0 Å². The van der Waals surface area contributed by atoms with Crippen LogP contribution in [0, 0.1) is 6.92 Å². The fraction of sp³-hybridized carbons (Fsp3) is 0.438. The Morgan fingerprint density at radius 1 is 1.29 bits per heavy atom. The van der Waals surface area contributed by atoms with Gasteiger partial charge in [0.05, 0.1) is 0 Å². The molecule has 0 saturated heterocycles. The Kier molecular flexibility index (Phi) is 5.17. The Bertz CT molecular complexity index is 672. The van der Waals surface area contributed by atoms with E-state index in [1.54, 1.807) is 29.4 Å². The van der Waals surface area contributed by atoms with Gasteiger partial charge < -0.3 is 0 Å². The largest absolute Gasteiger partial charge is 0.291 e. The number of aryl methyl sites for hydroxylation is 3. The molecule has 21 heavy (non-hydrogen) atoms. The fourth-order valence-electron chi connectivity index (χ4n) is 2.29. The Morgan fingerprint density at radius 2 is 2.05 bits per heavy atom. The lowest BCUT2D eigenvalue weighted by molar-refractivity contribution is 0.698. The zero-order chi connectivity index (χ0) is 15.4. The van der Waals surface area contributed by atoms with Crippen LogP contribution >= 0.6 is 11.8 Å². The summed E-state index contributed by atoms with van der Waals surface area (Å²) in [4.78, 5) is 20.8. The Morgan fingerprint density at radius 3 is 2.71 bits per heavy atom. The monoisotopic (exact) mass is 303 g/mol. The zero-order valence-electron chi connectivity index (χ0n) is 13.0. The van der Waals surface area contributed by atoms with Gasteiger partial charge in [-0.05, 0) is 37.0 Å². The van der Waals surface area contributed by atoms with Gasteiger partial charge in [-0.3, -0.25) is 14.3 Å². The molecule has 0 bridgehead atoms. The molecule has 112 valence electrons. The van der Waals surface area contributed by atoms with Crippen molar-refractivity contribution < 1.29 is 0 Å². The molecule has 0 fully saturated rings. The molecule has 0 aliphatic rings. The van der Waals surface area contributed by atoms with Crippen LogP contribution in [0.25, 0.3) is 0 Å². The van der Waals surface area contributed by atoms with Gasteiger partial charge in [-0.25, -0.2) is 4.98 Å². The first-order valence-corrected chi connectivity index (χ1v) is 8.18. The van der Waals surface area contributed by atoms with Crippen molar-refractivity contribution >= 4 is 11.8 Å². The van der Waals surface area contributed by atoms with Gasteiger partial charge >= 0.3 is 0 Å². The molecule has 0 saturated carbocycles. The molecule has 0 aliphatic carbocycles. The first-order valence-electron chi connectivity index (χ1n) is 7.19. The third kappa shape index (κ3) is 3.53. The van der Waals surface area contributed by atoms with Gasteiger partial charge in [-0.1, -0.05) is 25.6 Å². The summed E-state index contributed by atoms with van der Waals surface area (Å²) < 4.78 is 1.60. The van der Waals surface area contributed by atoms with Crippen molar-refractivity contribution in [3.8, 4) is 0 Å². The summed E-state index contributed by atoms with van der Waals surface area (Å²) in [7, 11) is 1.77. The molecular weight excluding hydrogens is 282 g/mol. The predicted octanol–water partition coefficient (Wildman–Crippen LogP) is 2.90. The van der Waals surface area contributed by atoms with E-state index >= 15 is 0 Å². The molecular formula is C16H21N3OS. The van der Waals surface area contributed by atoms with Gasteiger partial charge in [0.25, 0.3) is 5.56 Å². The molecule has 5 heteroatoms. The van der Waals surface area contributed by atoms with Crippen molar-refractivity contribution in [1.82, 2.24) is 14.5 Å². The SMILES string of the molecule is CCc1ccnc(CC)c1CSc1nc(C)cc(=O)n1C. The molecule has 2 heterocycles. The second-order valence-corrected chi connectivity index (χ2v) is 5.91. The molecule has 2 aromatic rings. The summed E-state index contributed by atoms with van der Waals surface area (Å²) in [6, 6.07) is 3.64. The summed E-state index contributed by atoms with van der Waals surface area (Å²) >= 11 is 1.60. The molecule has 0 unspecified atom stereocenters. The number of pyridine rings is 1. The summed E-state index contributed by atoms with van der Waals surface area (Å²) in [5.74, 6) is 0.796. The highest BCUT2D eigenvalue weighted by Gasteiger charge is 2.10. The van der Waals surface area contributed by atoms with E-state index in [4.69, 9.17) is 0 Å². The van der Waals surface area contributed by atoms with Crippen molar-refractivity contribution in [2.45, 2.75) is 44.5 Å². The first kappa shape index (κ1) is 15.8. The van der Waals surface area contributed by atoms with Gasteiger partial charge in [0.2, 0.25) is 0 Å². The van der Waals surface area contributed by atoms with Crippen LogP contribution in [-0.2, 0) is 25.6 Å². The minimum atomic E-state index is -0.0115. The zero-order valence-corrected chi connectivity index (χ0v) is 13.8. The van der Waals surface area contributed by atoms with Gasteiger partial charge in [0.15, 0.2) is 5.16 Å². The molecule has 0 aliphatic heterocycles. The number of hydrogen-bond donors (Lipinski definition) is 0. The Labute approximate surface area is 129 Å². The highest BCUT2D eigenvalue weighted by Crippen LogP contribution is 2.24. The average Bonchev–Trinajstić information content (AvgIpc) is 2.48. The van der Waals surface area contributed by atoms with E-state index in [0.717, 1.165) is 35.1 Å². The van der Waals surface area contributed by atoms with Gasteiger partial charge in [0, 0.05) is 36.5 Å². The molecule has 0 aromatic carbocycles. The molecule has 0 spiro atoms. The van der Waals surface area contributed by atoms with Gasteiger partial charge in [0.1, 0.15) is 0 Å². The lowest BCUT2D eigenvalue weighted by atomic mass is 10.0. The Hall–Kier alpha value is -1.62. The number of nitrogens with zero attached hydrogens (tertiary/aromatic N) is 3. The maximum Gasteiger partial charge on any atom is 0.254 e. The van der Waals surface area contributed by atoms with E-state index in [0.29, 0.717) is 0 Å². The number of hydrogen-bond acceptors (Lipinski definition) is 4. The van der Waals surface area contributed by atoms with E-state index in [1.807, 2.05) is 13.1 Å². The van der Waals surface area contributed by atoms with Crippen molar-refractivity contribution in [2.24, 2.45) is 7.05 Å². The second-order valence-electron chi connectivity index (χ2n) is 4.97. The topological polar surface area (TPSA) is 47.8 Å². The molecule has 0 N–H and O–H groups in total. The van der Waals surface area contributed by atoms with Gasteiger partial charge in [-0.2, -0.15) is 0 Å². The number of thioether (sulfide) groups is 1. The summed E-state index contributed by atoms with van der Waals surface area (Å²) in [5, 5.41) is 0.757. The molecule has 0 radical (unpaired) electrons. The maximum absolute atomic E-state index is 11.8. The summed E-state index contributed by atoms with van der Waals surface area (Å²) in [6.45, 7) is 6.13. The van der Waals surface area contributed by atoms with E-state index in [1.165, 1.54) is 11.1 Å². The Balaban J connectivity index is 2.30. The smallest absolute Gasteiger partial charge is 0.254 e. The lowest BCUT2D eigenvalue weighted by Crippen LogP contribution is -2.19. The van der Waals surface area contributed by atoms with Crippen LogP contribution in [0.3, 0.4) is 0 Å². The molecule has 4 nitrogen and oxygen atoms in total. The van der Waals surface area contributed by atoms with E-state index in [9.17, 15) is 4.79 Å². The minimum absolute atomic E-state index is 0.0115. The van der Waals surface area contributed by atoms with Crippen molar-refractivity contribution in [1.29, 1.82) is 0 Å². The van der Waals surface area contributed by atoms with Crippen LogP contribution in [0.4, 0.5) is 0 Å². The van der Waals surface area contributed by atoms with Crippen molar-refractivity contribution in [3.63, 3.8) is 0 Å². The quantitative estimate of drug-likeness (QED) is 0.629. The normalized spacial score (nSPS) is 10.9. The maximum atomic E-state index is 11.8. The summed E-state index contributed by atoms with van der Waals surface area (Å²) in [6.07, 6.45) is 3.79. The van der Waals surface area contributed by atoms with E-state index < -0.39 is 0 Å². The van der Waals surface area contributed by atoms with Crippen LogP contribution in [-0.4, -0.2) is 14.5 Å². The molecule has 2 rings (SSSR count). The highest BCUT2D eigenvalue weighted by molar-refractivity contribution is 7.98. The molecule has 2 aromatic heterocycles. The predicted molar refractivity (Wildman–Crippen MR) is 86.8 cm³/mol. The highest BCUT2D eigenvalue weighted by atomic mass is 32.2. The van der Waals surface area contributed by atoms with Crippen LogP contribution in [0.2, 0.25) is 0 Å². The van der Waals surface area contributed by atoms with Gasteiger partial charge in [-0.15, -0.1) is 0 Å². The third-order valence-corrected chi connectivity index (χ3v) is 4.58. The molecule has 0 amide bonds. The second kappa shape index (κ2) is 6.89. The minimum Gasteiger partial charge on any atom is -0.291 e. The van der Waals surface area contributed by atoms with E-state index in [2.05, 4.69) is 29.9 Å². The standard InChI is InChI=1S/C16H21N3OS/c1-5-12-7-8-17-14(6-2)13(12)10-21-16-18-11(3)9-15(20)19(16)4/h7-9H,5-6,10H2,1-4H3. The average molecular weight is 303 g/mol. The molecule has 0 atom stereocenters. The van der Waals surface area contributed by atoms with Crippen molar-refractivity contribution in [2.75, 3.05) is 0 Å². The third-order valence-electron chi connectivity index (χ3n) is 3.53. The van der Waals surface area contributed by atoms with E-state index in [-0.39, 0.29) is 5.56 Å².